The number of nitrogens with zero attached hydrogens (tertiary/aromatic N) is 1. The summed E-state index contributed by atoms with van der Waals surface area (Å²) in [6, 6.07) is 12.5. The van der Waals surface area contributed by atoms with Gasteiger partial charge < -0.3 is 10.2 Å². The van der Waals surface area contributed by atoms with E-state index in [9.17, 15) is 0 Å². The van der Waals surface area contributed by atoms with E-state index in [-0.39, 0.29) is 0 Å². The van der Waals surface area contributed by atoms with Gasteiger partial charge in [-0.15, -0.1) is 0 Å². The van der Waals surface area contributed by atoms with E-state index in [1.54, 1.807) is 6.07 Å². The Labute approximate surface area is 139 Å². The van der Waals surface area contributed by atoms with E-state index in [1.165, 1.54) is 0 Å². The molecule has 109 valence electrons. The van der Waals surface area contributed by atoms with Crippen LogP contribution in [0.4, 0.5) is 5.69 Å². The average molecular weight is 341 g/mol. The lowest BCUT2D eigenvalue weighted by atomic mass is 10.0. The molecule has 0 saturated carbocycles. The molecule has 1 aliphatic heterocycles. The summed E-state index contributed by atoms with van der Waals surface area (Å²) >= 11 is 19.2. The zero-order valence-electron chi connectivity index (χ0n) is 11.3. The molecule has 1 saturated heterocycles. The van der Waals surface area contributed by atoms with Crippen LogP contribution >= 0.6 is 34.8 Å². The molecule has 2 aromatic rings. The van der Waals surface area contributed by atoms with Crippen LogP contribution in [0.3, 0.4) is 0 Å². The summed E-state index contributed by atoms with van der Waals surface area (Å²) in [6.45, 7) is 3.59. The van der Waals surface area contributed by atoms with Crippen LogP contribution in [0.2, 0.25) is 15.1 Å². The van der Waals surface area contributed by atoms with Crippen LogP contribution in [0.15, 0.2) is 30.3 Å². The van der Waals surface area contributed by atoms with Crippen molar-refractivity contribution in [3.05, 3.63) is 51.5 Å². The van der Waals surface area contributed by atoms with E-state index in [1.807, 2.05) is 24.3 Å². The Hall–Kier alpha value is -0.930. The summed E-state index contributed by atoms with van der Waals surface area (Å²) in [7, 11) is 0. The fourth-order valence-electron chi connectivity index (χ4n) is 2.53. The molecule has 0 amide bonds. The third-order valence-electron chi connectivity index (χ3n) is 3.59. The lowest BCUT2D eigenvalue weighted by molar-refractivity contribution is 0.589. The molecule has 0 unspecified atom stereocenters. The minimum Gasteiger partial charge on any atom is -0.367 e. The molecule has 0 aliphatic carbocycles. The number of hydrogen-bond acceptors (Lipinski definition) is 2. The van der Waals surface area contributed by atoms with Crippen molar-refractivity contribution in [3.63, 3.8) is 0 Å². The summed E-state index contributed by atoms with van der Waals surface area (Å²) in [6.07, 6.45) is 0. The van der Waals surface area contributed by atoms with Crippen LogP contribution in [-0.2, 0) is 0 Å². The molecule has 1 radical (unpaired) electrons. The predicted octanol–water partition coefficient (Wildman–Crippen LogP) is 4.52. The number of halogens is 3. The molecule has 2 aromatic carbocycles. The van der Waals surface area contributed by atoms with E-state index >= 15 is 0 Å². The van der Waals surface area contributed by atoms with E-state index in [4.69, 9.17) is 34.8 Å². The topological polar surface area (TPSA) is 15.3 Å². The highest BCUT2D eigenvalue weighted by atomic mass is 35.5. The molecule has 1 fully saturated rings. The molecular weight excluding hydrogens is 327 g/mol. The third kappa shape index (κ3) is 3.00. The molecule has 2 nitrogen and oxygen atoms in total. The van der Waals surface area contributed by atoms with Gasteiger partial charge in [-0.25, -0.2) is 0 Å². The first kappa shape index (κ1) is 15.0. The van der Waals surface area contributed by atoms with Gasteiger partial charge in [-0.1, -0.05) is 53.0 Å². The summed E-state index contributed by atoms with van der Waals surface area (Å²) in [4.78, 5) is 2.19. The maximum absolute atomic E-state index is 6.63. The quantitative estimate of drug-likeness (QED) is 0.864. The van der Waals surface area contributed by atoms with Crippen molar-refractivity contribution >= 4 is 40.5 Å². The van der Waals surface area contributed by atoms with Crippen molar-refractivity contribution < 1.29 is 0 Å². The number of anilines is 1. The Morgan fingerprint density at radius 1 is 1.00 bits per heavy atom. The van der Waals surface area contributed by atoms with E-state index < -0.39 is 0 Å². The van der Waals surface area contributed by atoms with Gasteiger partial charge in [0.05, 0.1) is 15.7 Å². The number of hydrogen-bond donors (Lipinski definition) is 1. The van der Waals surface area contributed by atoms with Gasteiger partial charge in [0.15, 0.2) is 0 Å². The van der Waals surface area contributed by atoms with Gasteiger partial charge in [0.1, 0.15) is 0 Å². The van der Waals surface area contributed by atoms with Crippen LogP contribution < -0.4 is 10.2 Å². The fourth-order valence-corrected chi connectivity index (χ4v) is 3.46. The first-order valence-electron chi connectivity index (χ1n) is 6.78. The lowest BCUT2D eigenvalue weighted by Crippen LogP contribution is -2.43. The van der Waals surface area contributed by atoms with Gasteiger partial charge in [0.2, 0.25) is 0 Å². The van der Waals surface area contributed by atoms with Gasteiger partial charge in [-0.05, 0) is 12.1 Å². The molecular formula is C16H14Cl3N2. The second-order valence-corrected chi connectivity index (χ2v) is 6.06. The highest BCUT2D eigenvalue weighted by Gasteiger charge is 2.20. The van der Waals surface area contributed by atoms with Crippen LogP contribution in [-0.4, -0.2) is 26.2 Å². The second-order valence-electron chi connectivity index (χ2n) is 4.90. The second kappa shape index (κ2) is 6.45. The van der Waals surface area contributed by atoms with Crippen molar-refractivity contribution in [2.75, 3.05) is 31.1 Å². The van der Waals surface area contributed by atoms with Crippen molar-refractivity contribution in [2.45, 2.75) is 0 Å². The normalized spacial score (nSPS) is 15.3. The summed E-state index contributed by atoms with van der Waals surface area (Å²) < 4.78 is 0. The van der Waals surface area contributed by atoms with E-state index in [0.717, 1.165) is 43.0 Å². The Morgan fingerprint density at radius 3 is 2.43 bits per heavy atom. The van der Waals surface area contributed by atoms with E-state index in [2.05, 4.69) is 16.3 Å². The van der Waals surface area contributed by atoms with Gasteiger partial charge in [-0.2, -0.15) is 0 Å². The minimum absolute atomic E-state index is 0.553. The minimum atomic E-state index is 0.553. The van der Waals surface area contributed by atoms with Crippen molar-refractivity contribution in [3.8, 4) is 11.1 Å². The third-order valence-corrected chi connectivity index (χ3v) is 4.59. The largest absolute Gasteiger partial charge is 0.367 e. The molecule has 0 aromatic heterocycles. The van der Waals surface area contributed by atoms with Gasteiger partial charge in [0, 0.05) is 48.4 Å². The van der Waals surface area contributed by atoms with Gasteiger partial charge in [-0.3, -0.25) is 0 Å². The van der Waals surface area contributed by atoms with Crippen LogP contribution in [0.1, 0.15) is 0 Å². The van der Waals surface area contributed by atoms with Gasteiger partial charge >= 0.3 is 0 Å². The predicted molar refractivity (Wildman–Crippen MR) is 90.8 cm³/mol. The van der Waals surface area contributed by atoms with Crippen LogP contribution in [0.5, 0.6) is 0 Å². The SMILES string of the molecule is Clc1[c]cc(-c2ccccc2Cl)c(Cl)c1N1CCNCC1. The number of rotatable bonds is 2. The molecule has 21 heavy (non-hydrogen) atoms. The highest BCUT2D eigenvalue weighted by molar-refractivity contribution is 6.41. The standard InChI is InChI=1S/C16H14Cl3N2/c17-13-4-2-1-3-11(13)12-5-6-14(18)16(15(12)19)21-9-7-20-8-10-21/h1-5,20H,7-10H2. The zero-order chi connectivity index (χ0) is 14.8. The fraction of sp³-hybridized carbons (Fsp3) is 0.250. The summed E-state index contributed by atoms with van der Waals surface area (Å²) in [5, 5.41) is 5.17. The molecule has 0 atom stereocenters. The lowest BCUT2D eigenvalue weighted by Gasteiger charge is -2.31. The summed E-state index contributed by atoms with van der Waals surface area (Å²) in [5.41, 5.74) is 2.60. The van der Waals surface area contributed by atoms with Gasteiger partial charge in [0.25, 0.3) is 0 Å². The Kier molecular flexibility index (Phi) is 4.60. The first-order chi connectivity index (χ1) is 10.2. The number of benzene rings is 2. The first-order valence-corrected chi connectivity index (χ1v) is 7.92. The molecule has 1 N–H and O–H groups in total. The Balaban J connectivity index is 2.10. The summed E-state index contributed by atoms with van der Waals surface area (Å²) in [5.74, 6) is 0. The molecule has 3 rings (SSSR count). The maximum atomic E-state index is 6.63. The molecule has 0 spiro atoms. The Morgan fingerprint density at radius 2 is 1.71 bits per heavy atom. The number of piperazine rings is 1. The monoisotopic (exact) mass is 339 g/mol. The van der Waals surface area contributed by atoms with Crippen molar-refractivity contribution in [2.24, 2.45) is 0 Å². The smallest absolute Gasteiger partial charge is 0.0758 e. The van der Waals surface area contributed by atoms with Crippen LogP contribution in [0.25, 0.3) is 11.1 Å². The molecule has 0 bridgehead atoms. The molecule has 1 heterocycles. The van der Waals surface area contributed by atoms with Crippen molar-refractivity contribution in [1.82, 2.24) is 5.32 Å². The van der Waals surface area contributed by atoms with E-state index in [0.29, 0.717) is 15.1 Å². The molecule has 1 aliphatic rings. The zero-order valence-corrected chi connectivity index (χ0v) is 13.6. The maximum Gasteiger partial charge on any atom is 0.0758 e. The van der Waals surface area contributed by atoms with Crippen molar-refractivity contribution in [1.29, 1.82) is 0 Å². The number of nitrogens with one attached hydrogen (secondary N) is 1. The highest BCUT2D eigenvalue weighted by Crippen LogP contribution is 2.42. The molecule has 5 heteroatoms. The Bertz CT molecular complexity index is 652. The van der Waals surface area contributed by atoms with Crippen LogP contribution in [0, 0.1) is 6.07 Å². The average Bonchev–Trinajstić information content (AvgIpc) is 2.50.